The zero-order chi connectivity index (χ0) is 21.1. The van der Waals surface area contributed by atoms with Crippen LogP contribution in [0.1, 0.15) is 55.9 Å². The Labute approximate surface area is 174 Å². The summed E-state index contributed by atoms with van der Waals surface area (Å²) < 4.78 is 5.98. The van der Waals surface area contributed by atoms with Gasteiger partial charge >= 0.3 is 0 Å². The predicted octanol–water partition coefficient (Wildman–Crippen LogP) is 6.42. The van der Waals surface area contributed by atoms with Gasteiger partial charge in [0.05, 0.1) is 5.57 Å². The minimum Gasteiger partial charge on any atom is -0.511 e. The van der Waals surface area contributed by atoms with E-state index >= 15 is 0 Å². The summed E-state index contributed by atoms with van der Waals surface area (Å²) in [5, 5.41) is 11.1. The SMILES string of the molecule is CCC(C)C1C(O)=C(c2c(C)cc(OCc3ccccc3)cc2C)C(=O)C1CC. The molecular formula is C26H32O3. The number of allylic oxidation sites excluding steroid dienone is 2. The average molecular weight is 393 g/mol. The van der Waals surface area contributed by atoms with Crippen molar-refractivity contribution in [2.75, 3.05) is 0 Å². The monoisotopic (exact) mass is 392 g/mol. The molecule has 3 atom stereocenters. The molecule has 3 rings (SSSR count). The summed E-state index contributed by atoms with van der Waals surface area (Å²) in [6.07, 6.45) is 1.69. The Morgan fingerprint density at radius 1 is 1.07 bits per heavy atom. The number of hydrogen-bond acceptors (Lipinski definition) is 3. The zero-order valence-corrected chi connectivity index (χ0v) is 18.2. The summed E-state index contributed by atoms with van der Waals surface area (Å²) in [5.41, 5.74) is 4.42. The number of Topliss-reactive ketones (excluding diaryl/α,β-unsaturated/α-hetero) is 1. The molecule has 0 aromatic heterocycles. The smallest absolute Gasteiger partial charge is 0.170 e. The van der Waals surface area contributed by atoms with Gasteiger partial charge in [0.25, 0.3) is 0 Å². The molecule has 1 aliphatic carbocycles. The molecule has 3 nitrogen and oxygen atoms in total. The van der Waals surface area contributed by atoms with Crippen LogP contribution in [0.25, 0.3) is 5.57 Å². The quantitative estimate of drug-likeness (QED) is 0.591. The largest absolute Gasteiger partial charge is 0.511 e. The van der Waals surface area contributed by atoms with Gasteiger partial charge < -0.3 is 9.84 Å². The molecule has 1 N–H and O–H groups in total. The topological polar surface area (TPSA) is 46.5 Å². The third kappa shape index (κ3) is 4.10. The van der Waals surface area contributed by atoms with Crippen molar-refractivity contribution in [1.82, 2.24) is 0 Å². The highest BCUT2D eigenvalue weighted by Crippen LogP contribution is 2.46. The van der Waals surface area contributed by atoms with E-state index in [-0.39, 0.29) is 29.3 Å². The number of aliphatic hydroxyl groups excluding tert-OH is 1. The lowest BCUT2D eigenvalue weighted by molar-refractivity contribution is -0.118. The second kappa shape index (κ2) is 8.86. The molecule has 0 bridgehead atoms. The van der Waals surface area contributed by atoms with Crippen molar-refractivity contribution in [3.8, 4) is 5.75 Å². The Hall–Kier alpha value is -2.55. The number of rotatable bonds is 7. The van der Waals surface area contributed by atoms with Crippen LogP contribution < -0.4 is 4.74 Å². The Morgan fingerprint density at radius 3 is 2.24 bits per heavy atom. The molecule has 0 spiro atoms. The summed E-state index contributed by atoms with van der Waals surface area (Å²) >= 11 is 0. The number of aliphatic hydroxyl groups is 1. The third-order valence-electron chi connectivity index (χ3n) is 6.29. The zero-order valence-electron chi connectivity index (χ0n) is 18.2. The molecule has 154 valence electrons. The molecule has 0 radical (unpaired) electrons. The van der Waals surface area contributed by atoms with Gasteiger partial charge in [0, 0.05) is 11.8 Å². The maximum absolute atomic E-state index is 13.2. The molecule has 0 saturated carbocycles. The molecule has 3 heteroatoms. The van der Waals surface area contributed by atoms with Crippen molar-refractivity contribution >= 4 is 11.4 Å². The lowest BCUT2D eigenvalue weighted by Gasteiger charge is -2.23. The predicted molar refractivity (Wildman–Crippen MR) is 118 cm³/mol. The molecular weight excluding hydrogens is 360 g/mol. The number of carbonyl (C=O) groups excluding carboxylic acids is 1. The van der Waals surface area contributed by atoms with E-state index in [1.165, 1.54) is 0 Å². The number of benzene rings is 2. The van der Waals surface area contributed by atoms with Gasteiger partial charge in [-0.3, -0.25) is 4.79 Å². The van der Waals surface area contributed by atoms with Crippen LogP contribution in [0.2, 0.25) is 0 Å². The minimum atomic E-state index is -0.132. The van der Waals surface area contributed by atoms with E-state index in [9.17, 15) is 9.90 Å². The Balaban J connectivity index is 1.94. The molecule has 0 amide bonds. The van der Waals surface area contributed by atoms with Crippen molar-refractivity contribution < 1.29 is 14.6 Å². The van der Waals surface area contributed by atoms with Crippen LogP contribution in [-0.2, 0) is 11.4 Å². The van der Waals surface area contributed by atoms with Crippen LogP contribution >= 0.6 is 0 Å². The van der Waals surface area contributed by atoms with Crippen LogP contribution in [0.15, 0.2) is 48.2 Å². The van der Waals surface area contributed by atoms with Gasteiger partial charge in [-0.25, -0.2) is 0 Å². The number of hydrogen-bond donors (Lipinski definition) is 1. The van der Waals surface area contributed by atoms with Gasteiger partial charge in [0.1, 0.15) is 18.1 Å². The summed E-state index contributed by atoms with van der Waals surface area (Å²) in [6, 6.07) is 14.0. The minimum absolute atomic E-state index is 0.0828. The standard InChI is InChI=1S/C26H32O3/c1-6-16(3)23-21(7-2)25(27)24(26(23)28)22-17(4)13-20(14-18(22)5)29-15-19-11-9-8-10-12-19/h8-14,16,21,23,28H,6-7,15H2,1-5H3. The highest BCUT2D eigenvalue weighted by atomic mass is 16.5. The van der Waals surface area contributed by atoms with Crippen molar-refractivity contribution in [3.63, 3.8) is 0 Å². The highest BCUT2D eigenvalue weighted by molar-refractivity contribution is 6.25. The van der Waals surface area contributed by atoms with Crippen LogP contribution in [0.3, 0.4) is 0 Å². The van der Waals surface area contributed by atoms with E-state index in [4.69, 9.17) is 4.74 Å². The van der Waals surface area contributed by atoms with Crippen LogP contribution in [0.4, 0.5) is 0 Å². The summed E-state index contributed by atoms with van der Waals surface area (Å²) in [4.78, 5) is 13.2. The van der Waals surface area contributed by atoms with E-state index in [0.29, 0.717) is 12.2 Å². The maximum Gasteiger partial charge on any atom is 0.170 e. The first kappa shape index (κ1) is 21.2. The first-order valence-corrected chi connectivity index (χ1v) is 10.6. The van der Waals surface area contributed by atoms with E-state index in [2.05, 4.69) is 13.8 Å². The lowest BCUT2D eigenvalue weighted by atomic mass is 9.81. The van der Waals surface area contributed by atoms with Crippen LogP contribution in [-0.4, -0.2) is 10.9 Å². The number of aryl methyl sites for hydroxylation is 2. The molecule has 0 heterocycles. The fourth-order valence-corrected chi connectivity index (χ4v) is 4.58. The van der Waals surface area contributed by atoms with Crippen molar-refractivity contribution in [3.05, 3.63) is 70.5 Å². The average Bonchev–Trinajstić information content (AvgIpc) is 2.96. The fraction of sp³-hybridized carbons (Fsp3) is 0.423. The molecule has 2 aromatic rings. The fourth-order valence-electron chi connectivity index (χ4n) is 4.58. The molecule has 0 aliphatic heterocycles. The second-order valence-corrected chi connectivity index (χ2v) is 8.26. The van der Waals surface area contributed by atoms with Crippen molar-refractivity contribution in [1.29, 1.82) is 0 Å². The van der Waals surface area contributed by atoms with E-state index < -0.39 is 0 Å². The number of ether oxygens (including phenoxy) is 1. The lowest BCUT2D eigenvalue weighted by Crippen LogP contribution is -2.23. The number of carbonyl (C=O) groups is 1. The normalized spacial score (nSPS) is 20.2. The maximum atomic E-state index is 13.2. The first-order chi connectivity index (χ1) is 13.9. The second-order valence-electron chi connectivity index (χ2n) is 8.26. The molecule has 0 saturated heterocycles. The molecule has 1 aliphatic rings. The van der Waals surface area contributed by atoms with Gasteiger partial charge in [-0.05, 0) is 60.6 Å². The van der Waals surface area contributed by atoms with E-state index in [1.54, 1.807) is 0 Å². The first-order valence-electron chi connectivity index (χ1n) is 10.6. The molecule has 3 unspecified atom stereocenters. The van der Waals surface area contributed by atoms with E-state index in [0.717, 1.165) is 40.8 Å². The summed E-state index contributed by atoms with van der Waals surface area (Å²) in [7, 11) is 0. The van der Waals surface area contributed by atoms with Gasteiger partial charge in [0.15, 0.2) is 5.78 Å². The van der Waals surface area contributed by atoms with Gasteiger partial charge in [-0.1, -0.05) is 57.5 Å². The number of ketones is 1. The summed E-state index contributed by atoms with van der Waals surface area (Å²) in [6.45, 7) is 10.8. The Kier molecular flexibility index (Phi) is 6.46. The Bertz CT molecular complexity index is 888. The van der Waals surface area contributed by atoms with Gasteiger partial charge in [-0.2, -0.15) is 0 Å². The van der Waals surface area contributed by atoms with Gasteiger partial charge in [0.2, 0.25) is 0 Å². The Morgan fingerprint density at radius 2 is 1.69 bits per heavy atom. The molecule has 2 aromatic carbocycles. The van der Waals surface area contributed by atoms with Gasteiger partial charge in [-0.15, -0.1) is 0 Å². The molecule has 29 heavy (non-hydrogen) atoms. The van der Waals surface area contributed by atoms with E-state index in [1.807, 2.05) is 63.2 Å². The highest BCUT2D eigenvalue weighted by Gasteiger charge is 2.44. The third-order valence-corrected chi connectivity index (χ3v) is 6.29. The van der Waals surface area contributed by atoms with Crippen molar-refractivity contribution in [2.45, 2.75) is 54.1 Å². The molecule has 0 fully saturated rings. The van der Waals surface area contributed by atoms with Crippen molar-refractivity contribution in [2.24, 2.45) is 17.8 Å². The summed E-state index contributed by atoms with van der Waals surface area (Å²) in [5.74, 6) is 1.20. The van der Waals surface area contributed by atoms with Crippen LogP contribution in [0.5, 0.6) is 5.75 Å². The van der Waals surface area contributed by atoms with Crippen LogP contribution in [0, 0.1) is 31.6 Å².